The molecule has 0 aliphatic carbocycles. The van der Waals surface area contributed by atoms with E-state index in [0.29, 0.717) is 0 Å². The van der Waals surface area contributed by atoms with Crippen LogP contribution in [-0.2, 0) is 0 Å². The van der Waals surface area contributed by atoms with Gasteiger partial charge in [-0.3, -0.25) is 0 Å². The fourth-order valence-corrected chi connectivity index (χ4v) is 1.03. The van der Waals surface area contributed by atoms with Crippen molar-refractivity contribution >= 4 is 24.6 Å². The van der Waals surface area contributed by atoms with Gasteiger partial charge in [0.15, 0.2) is 0 Å². The Balaban J connectivity index is 2.50. The average Bonchev–Trinajstić information content (AvgIpc) is 2.19. The number of aromatic nitrogens is 3. The quantitative estimate of drug-likeness (QED) is 0.492. The van der Waals surface area contributed by atoms with Crippen LogP contribution < -0.4 is 0 Å². The summed E-state index contributed by atoms with van der Waals surface area (Å²) >= 11 is 5.47. The predicted molar refractivity (Wildman–Crippen MR) is 36.9 cm³/mol. The van der Waals surface area contributed by atoms with Gasteiger partial charge in [-0.15, -0.1) is 5.10 Å². The monoisotopic (exact) mass is 147 g/mol. The maximum atomic E-state index is 3.98. The van der Waals surface area contributed by atoms with Crippen molar-refractivity contribution in [2.45, 2.75) is 0 Å². The zero-order valence-electron chi connectivity index (χ0n) is 4.06. The second-order valence-electron chi connectivity index (χ2n) is 1.06. The minimum atomic E-state index is 0.726. The van der Waals surface area contributed by atoms with Crippen molar-refractivity contribution in [1.82, 2.24) is 14.4 Å². The van der Waals surface area contributed by atoms with Crippen LogP contribution in [0.15, 0.2) is 12.4 Å². The molecule has 0 N–H and O–H groups in total. The molecule has 1 rings (SSSR count). The number of hydrogen-bond acceptors (Lipinski definition) is 4. The summed E-state index contributed by atoms with van der Waals surface area (Å²) in [7, 11) is 0. The lowest BCUT2D eigenvalue weighted by Gasteiger charge is -1.89. The van der Waals surface area contributed by atoms with E-state index in [-0.39, 0.29) is 0 Å². The Morgan fingerprint density at radius 2 is 2.62 bits per heavy atom. The molecule has 3 nitrogen and oxygen atoms in total. The van der Waals surface area contributed by atoms with Gasteiger partial charge in [0.2, 0.25) is 0 Å². The Labute approximate surface area is 57.0 Å². The molecule has 5 heteroatoms. The molecule has 44 valence electrons. The Morgan fingerprint density at radius 3 is 3.12 bits per heavy atom. The number of thiol groups is 1. The van der Waals surface area contributed by atoms with Crippen LogP contribution in [0, 0.1) is 0 Å². The molecule has 8 heavy (non-hydrogen) atoms. The smallest absolute Gasteiger partial charge is 0.0704 e. The number of nitrogens with zero attached hydrogens (tertiary/aromatic N) is 3. The molecular formula is C3H5N3S2. The van der Waals surface area contributed by atoms with Crippen LogP contribution in [0.3, 0.4) is 0 Å². The van der Waals surface area contributed by atoms with Gasteiger partial charge < -0.3 is 0 Å². The lowest BCUT2D eigenvalue weighted by molar-refractivity contribution is 0.892. The van der Waals surface area contributed by atoms with Crippen molar-refractivity contribution in [2.24, 2.45) is 0 Å². The topological polar surface area (TPSA) is 30.7 Å². The number of hydrogen-bond donors (Lipinski definition) is 1. The van der Waals surface area contributed by atoms with Crippen molar-refractivity contribution in [3.05, 3.63) is 12.4 Å². The first-order chi connectivity index (χ1) is 3.93. The largest absolute Gasteiger partial charge is 0.193 e. The van der Waals surface area contributed by atoms with E-state index in [1.165, 1.54) is 11.9 Å². The summed E-state index contributed by atoms with van der Waals surface area (Å²) in [5.74, 6) is 0. The molecule has 0 fully saturated rings. The molecule has 1 heterocycles. The van der Waals surface area contributed by atoms with E-state index in [1.54, 1.807) is 16.5 Å². The van der Waals surface area contributed by atoms with E-state index in [9.17, 15) is 0 Å². The molecule has 0 radical (unpaired) electrons. The highest BCUT2D eigenvalue weighted by molar-refractivity contribution is 8.08. The second-order valence-corrected chi connectivity index (χ2v) is 2.73. The SMILES string of the molecule is SCSn1ccnn1. The fraction of sp³-hybridized carbons (Fsp3) is 0.333. The third-order valence-corrected chi connectivity index (χ3v) is 1.51. The molecule has 0 aromatic carbocycles. The van der Waals surface area contributed by atoms with Crippen LogP contribution in [-0.4, -0.2) is 19.5 Å². The van der Waals surface area contributed by atoms with Gasteiger partial charge in [0.25, 0.3) is 0 Å². The van der Waals surface area contributed by atoms with Gasteiger partial charge in [-0.05, 0) is 11.9 Å². The lowest BCUT2D eigenvalue weighted by atomic mass is 11.0. The van der Waals surface area contributed by atoms with Crippen molar-refractivity contribution in [3.63, 3.8) is 0 Å². The highest BCUT2D eigenvalue weighted by Crippen LogP contribution is 2.01. The van der Waals surface area contributed by atoms with Crippen LogP contribution in [0.2, 0.25) is 0 Å². The van der Waals surface area contributed by atoms with Crippen molar-refractivity contribution in [3.8, 4) is 0 Å². The molecule has 0 bridgehead atoms. The van der Waals surface area contributed by atoms with E-state index in [1.807, 2.05) is 0 Å². The second kappa shape index (κ2) is 2.99. The highest BCUT2D eigenvalue weighted by atomic mass is 32.2. The van der Waals surface area contributed by atoms with Gasteiger partial charge in [0, 0.05) is 0 Å². The van der Waals surface area contributed by atoms with E-state index in [2.05, 4.69) is 22.9 Å². The maximum Gasteiger partial charge on any atom is 0.0704 e. The first kappa shape index (κ1) is 5.97. The standard InChI is InChI=1S/C3H5N3S2/c7-3-8-6-2-1-4-5-6/h1-2,7H,3H2. The van der Waals surface area contributed by atoms with Gasteiger partial charge >= 0.3 is 0 Å². The Bertz CT molecular complexity index is 138. The average molecular weight is 147 g/mol. The summed E-state index contributed by atoms with van der Waals surface area (Å²) in [6.45, 7) is 0. The molecule has 0 unspecified atom stereocenters. The normalized spacial score (nSPS) is 9.62. The summed E-state index contributed by atoms with van der Waals surface area (Å²) < 4.78 is 1.66. The van der Waals surface area contributed by atoms with E-state index in [4.69, 9.17) is 0 Å². The zero-order valence-corrected chi connectivity index (χ0v) is 5.77. The van der Waals surface area contributed by atoms with Crippen molar-refractivity contribution < 1.29 is 0 Å². The van der Waals surface area contributed by atoms with Gasteiger partial charge in [-0.1, -0.05) is 5.21 Å². The predicted octanol–water partition coefficient (Wildman–Crippen LogP) is 0.662. The summed E-state index contributed by atoms with van der Waals surface area (Å²) in [4.78, 5) is 0. The van der Waals surface area contributed by atoms with Gasteiger partial charge in [0.1, 0.15) is 0 Å². The first-order valence-corrected chi connectivity index (χ1v) is 3.61. The van der Waals surface area contributed by atoms with Crippen LogP contribution in [0.4, 0.5) is 0 Å². The summed E-state index contributed by atoms with van der Waals surface area (Å²) in [6.07, 6.45) is 3.41. The molecular weight excluding hydrogens is 142 g/mol. The molecule has 0 amide bonds. The van der Waals surface area contributed by atoms with Crippen LogP contribution in [0.1, 0.15) is 0 Å². The third-order valence-electron chi connectivity index (χ3n) is 0.591. The van der Waals surface area contributed by atoms with E-state index in [0.717, 1.165) is 5.08 Å². The minimum Gasteiger partial charge on any atom is -0.193 e. The third kappa shape index (κ3) is 1.41. The maximum absolute atomic E-state index is 3.98. The molecule has 0 atom stereocenters. The molecule has 0 saturated heterocycles. The summed E-state index contributed by atoms with van der Waals surface area (Å²) in [5, 5.41) is 8.01. The van der Waals surface area contributed by atoms with Crippen LogP contribution in [0.25, 0.3) is 0 Å². The molecule has 1 aromatic rings. The first-order valence-electron chi connectivity index (χ1n) is 2.04. The van der Waals surface area contributed by atoms with Crippen molar-refractivity contribution in [1.29, 1.82) is 0 Å². The Morgan fingerprint density at radius 1 is 1.75 bits per heavy atom. The Kier molecular flexibility index (Phi) is 2.23. The fourth-order valence-electron chi connectivity index (χ4n) is 0.325. The summed E-state index contributed by atoms with van der Waals surface area (Å²) in [5.41, 5.74) is 0. The van der Waals surface area contributed by atoms with Gasteiger partial charge in [-0.25, -0.2) is 0 Å². The van der Waals surface area contributed by atoms with Gasteiger partial charge in [-0.2, -0.15) is 16.7 Å². The molecule has 1 aromatic heterocycles. The summed E-state index contributed by atoms with van der Waals surface area (Å²) in [6, 6.07) is 0. The minimum absolute atomic E-state index is 0.726. The molecule has 0 aliphatic heterocycles. The van der Waals surface area contributed by atoms with Crippen LogP contribution in [0.5, 0.6) is 0 Å². The van der Waals surface area contributed by atoms with Crippen LogP contribution >= 0.6 is 24.6 Å². The lowest BCUT2D eigenvalue weighted by Crippen LogP contribution is -1.85. The Hall–Kier alpha value is -0.160. The molecule has 0 spiro atoms. The highest BCUT2D eigenvalue weighted by Gasteiger charge is 1.85. The van der Waals surface area contributed by atoms with E-state index < -0.39 is 0 Å². The molecule has 0 aliphatic rings. The molecule has 0 saturated carbocycles. The van der Waals surface area contributed by atoms with Crippen molar-refractivity contribution in [2.75, 3.05) is 5.08 Å². The number of rotatable bonds is 2. The zero-order chi connectivity index (χ0) is 5.82. The van der Waals surface area contributed by atoms with Gasteiger partial charge in [0.05, 0.1) is 17.5 Å². The van der Waals surface area contributed by atoms with E-state index >= 15 is 0 Å².